The Morgan fingerprint density at radius 1 is 1.29 bits per heavy atom. The lowest BCUT2D eigenvalue weighted by Gasteiger charge is -1.99. The summed E-state index contributed by atoms with van der Waals surface area (Å²) in [6.45, 7) is 3.95. The first-order valence-corrected chi connectivity index (χ1v) is 4.63. The third kappa shape index (κ3) is 7.25. The van der Waals surface area contributed by atoms with Crippen LogP contribution in [-0.2, 0) is 9.59 Å². The van der Waals surface area contributed by atoms with Gasteiger partial charge < -0.3 is 5.11 Å². The Kier molecular flexibility index (Phi) is 7.37. The molecule has 0 heterocycles. The van der Waals surface area contributed by atoms with E-state index in [1.54, 1.807) is 0 Å². The number of isocyanates is 1. The molecule has 0 aliphatic rings. The summed E-state index contributed by atoms with van der Waals surface area (Å²) < 4.78 is 0. The van der Waals surface area contributed by atoms with Crippen LogP contribution in [0.2, 0.25) is 0 Å². The molecule has 4 heteroatoms. The molecule has 4 nitrogen and oxygen atoms in total. The number of nitrogens with zero attached hydrogens (tertiary/aromatic N) is 1. The number of carbonyl (C=O) groups is 1. The van der Waals surface area contributed by atoms with Crippen LogP contribution in [0.15, 0.2) is 17.1 Å². The first kappa shape index (κ1) is 12.6. The quantitative estimate of drug-likeness (QED) is 0.280. The molecule has 14 heavy (non-hydrogen) atoms. The van der Waals surface area contributed by atoms with Crippen molar-refractivity contribution in [1.29, 1.82) is 0 Å². The Labute approximate surface area is 83.3 Å². The van der Waals surface area contributed by atoms with Gasteiger partial charge in [0.05, 0.1) is 6.54 Å². The smallest absolute Gasteiger partial charge is 0.330 e. The summed E-state index contributed by atoms with van der Waals surface area (Å²) in [5, 5.41) is 8.50. The van der Waals surface area contributed by atoms with Crippen molar-refractivity contribution in [3.05, 3.63) is 12.2 Å². The Bertz CT molecular complexity index is 242. The molecule has 78 valence electrons. The van der Waals surface area contributed by atoms with Gasteiger partial charge in [0, 0.05) is 5.57 Å². The number of aliphatic imine (C=N–C) groups is 1. The highest BCUT2D eigenvalue weighted by molar-refractivity contribution is 5.85. The van der Waals surface area contributed by atoms with E-state index in [2.05, 4.69) is 11.6 Å². The van der Waals surface area contributed by atoms with Crippen molar-refractivity contribution in [3.8, 4) is 0 Å². The number of carboxylic acids is 1. The van der Waals surface area contributed by atoms with Crippen molar-refractivity contribution < 1.29 is 14.7 Å². The first-order chi connectivity index (χ1) is 6.68. The average Bonchev–Trinajstić information content (AvgIpc) is 2.16. The Balaban J connectivity index is 3.25. The summed E-state index contributed by atoms with van der Waals surface area (Å²) in [5.41, 5.74) is 0.260. The van der Waals surface area contributed by atoms with E-state index in [-0.39, 0.29) is 5.57 Å². The zero-order valence-corrected chi connectivity index (χ0v) is 8.16. The van der Waals surface area contributed by atoms with Crippen LogP contribution in [0.3, 0.4) is 0 Å². The summed E-state index contributed by atoms with van der Waals surface area (Å²) in [4.78, 5) is 23.5. The Morgan fingerprint density at radius 3 is 2.50 bits per heavy atom. The van der Waals surface area contributed by atoms with Gasteiger partial charge in [0.2, 0.25) is 6.08 Å². The van der Waals surface area contributed by atoms with Crippen molar-refractivity contribution in [1.82, 2.24) is 0 Å². The van der Waals surface area contributed by atoms with Crippen LogP contribution >= 0.6 is 0 Å². The number of rotatable bonds is 8. The third-order valence-corrected chi connectivity index (χ3v) is 1.87. The van der Waals surface area contributed by atoms with Crippen LogP contribution < -0.4 is 0 Å². The molecule has 0 bridgehead atoms. The molecular formula is C10H15NO3. The van der Waals surface area contributed by atoms with Gasteiger partial charge in [-0.2, -0.15) is 0 Å². The molecule has 0 spiro atoms. The lowest BCUT2D eigenvalue weighted by molar-refractivity contribution is -0.132. The Hall–Kier alpha value is -1.41. The molecule has 1 N–H and O–H groups in total. The number of unbranched alkanes of at least 4 members (excludes halogenated alkanes) is 3. The van der Waals surface area contributed by atoms with Crippen LogP contribution in [0.4, 0.5) is 0 Å². The summed E-state index contributed by atoms with van der Waals surface area (Å²) in [7, 11) is 0. The van der Waals surface area contributed by atoms with E-state index in [0.29, 0.717) is 13.0 Å². The molecule has 0 rings (SSSR count). The summed E-state index contributed by atoms with van der Waals surface area (Å²) in [6.07, 6.45) is 5.60. The van der Waals surface area contributed by atoms with Gasteiger partial charge in [-0.3, -0.25) is 0 Å². The van der Waals surface area contributed by atoms with E-state index < -0.39 is 5.97 Å². The van der Waals surface area contributed by atoms with Crippen molar-refractivity contribution in [3.63, 3.8) is 0 Å². The molecule has 0 aliphatic carbocycles. The van der Waals surface area contributed by atoms with Gasteiger partial charge in [-0.05, 0) is 19.3 Å². The van der Waals surface area contributed by atoms with Gasteiger partial charge in [-0.25, -0.2) is 14.6 Å². The number of carboxylic acid groups (broad SMARTS) is 1. The van der Waals surface area contributed by atoms with E-state index in [1.165, 1.54) is 6.08 Å². The fraction of sp³-hybridized carbons (Fsp3) is 0.600. The first-order valence-electron chi connectivity index (χ1n) is 4.63. The number of aliphatic carboxylic acids is 1. The molecule has 0 aromatic rings. The third-order valence-electron chi connectivity index (χ3n) is 1.87. The number of hydrogen-bond donors (Lipinski definition) is 1. The molecule has 0 unspecified atom stereocenters. The highest BCUT2D eigenvalue weighted by Gasteiger charge is 2.02. The maximum absolute atomic E-state index is 10.3. The summed E-state index contributed by atoms with van der Waals surface area (Å²) in [5.74, 6) is -0.921. The zero-order chi connectivity index (χ0) is 10.8. The van der Waals surface area contributed by atoms with Crippen molar-refractivity contribution in [2.24, 2.45) is 4.99 Å². The minimum atomic E-state index is -0.921. The van der Waals surface area contributed by atoms with E-state index in [1.807, 2.05) is 0 Å². The normalized spacial score (nSPS) is 9.14. The minimum absolute atomic E-state index is 0.260. The minimum Gasteiger partial charge on any atom is -0.478 e. The van der Waals surface area contributed by atoms with E-state index >= 15 is 0 Å². The number of hydrogen-bond acceptors (Lipinski definition) is 3. The Morgan fingerprint density at radius 2 is 1.93 bits per heavy atom. The van der Waals surface area contributed by atoms with Gasteiger partial charge in [0.15, 0.2) is 0 Å². The van der Waals surface area contributed by atoms with Crippen LogP contribution in [-0.4, -0.2) is 23.7 Å². The second-order valence-electron chi connectivity index (χ2n) is 3.05. The van der Waals surface area contributed by atoms with E-state index in [0.717, 1.165) is 25.7 Å². The van der Waals surface area contributed by atoms with Crippen molar-refractivity contribution in [2.75, 3.05) is 6.54 Å². The maximum atomic E-state index is 10.3. The number of carbonyl (C=O) groups excluding carboxylic acids is 1. The molecule has 0 aliphatic heterocycles. The van der Waals surface area contributed by atoms with Crippen LogP contribution in [0, 0.1) is 0 Å². The second-order valence-corrected chi connectivity index (χ2v) is 3.05. The molecule has 0 amide bonds. The van der Waals surface area contributed by atoms with Crippen molar-refractivity contribution >= 4 is 12.0 Å². The molecular weight excluding hydrogens is 182 g/mol. The zero-order valence-electron chi connectivity index (χ0n) is 8.16. The molecule has 0 radical (unpaired) electrons. The second kappa shape index (κ2) is 8.20. The predicted molar refractivity (Wildman–Crippen MR) is 52.8 cm³/mol. The van der Waals surface area contributed by atoms with Gasteiger partial charge in [-0.1, -0.05) is 19.4 Å². The standard InChI is InChI=1S/C10H15NO3/c1-9(10(13)14)6-4-2-3-5-7-11-8-12/h1-7H2,(H,13,14). The maximum Gasteiger partial charge on any atom is 0.330 e. The van der Waals surface area contributed by atoms with Crippen LogP contribution in [0.5, 0.6) is 0 Å². The van der Waals surface area contributed by atoms with E-state index in [9.17, 15) is 9.59 Å². The van der Waals surface area contributed by atoms with Crippen LogP contribution in [0.25, 0.3) is 0 Å². The van der Waals surface area contributed by atoms with Gasteiger partial charge in [0.1, 0.15) is 0 Å². The molecule has 0 aromatic carbocycles. The fourth-order valence-corrected chi connectivity index (χ4v) is 1.04. The monoisotopic (exact) mass is 197 g/mol. The largest absolute Gasteiger partial charge is 0.478 e. The molecule has 0 fully saturated rings. The fourth-order valence-electron chi connectivity index (χ4n) is 1.04. The van der Waals surface area contributed by atoms with Crippen LogP contribution in [0.1, 0.15) is 32.1 Å². The molecule has 0 aromatic heterocycles. The predicted octanol–water partition coefficient (Wildman–Crippen LogP) is 1.91. The SMILES string of the molecule is C=C(CCCCCCN=C=O)C(=O)O. The van der Waals surface area contributed by atoms with Gasteiger partial charge in [0.25, 0.3) is 0 Å². The molecule has 0 atom stereocenters. The lowest BCUT2D eigenvalue weighted by atomic mass is 10.1. The van der Waals surface area contributed by atoms with E-state index in [4.69, 9.17) is 5.11 Å². The molecule has 0 saturated carbocycles. The highest BCUT2D eigenvalue weighted by Crippen LogP contribution is 2.08. The lowest BCUT2D eigenvalue weighted by Crippen LogP contribution is -1.98. The highest BCUT2D eigenvalue weighted by atomic mass is 16.4. The van der Waals surface area contributed by atoms with Crippen molar-refractivity contribution in [2.45, 2.75) is 32.1 Å². The van der Waals surface area contributed by atoms with Gasteiger partial charge >= 0.3 is 5.97 Å². The topological polar surface area (TPSA) is 66.7 Å². The summed E-state index contributed by atoms with van der Waals surface area (Å²) in [6, 6.07) is 0. The average molecular weight is 197 g/mol. The molecule has 0 saturated heterocycles. The summed E-state index contributed by atoms with van der Waals surface area (Å²) >= 11 is 0. The van der Waals surface area contributed by atoms with Gasteiger partial charge in [-0.15, -0.1) is 0 Å².